The van der Waals surface area contributed by atoms with Crippen LogP contribution in [-0.2, 0) is 6.42 Å². The lowest BCUT2D eigenvalue weighted by Crippen LogP contribution is -2.36. The average Bonchev–Trinajstić information content (AvgIpc) is 2.39. The van der Waals surface area contributed by atoms with Crippen molar-refractivity contribution in [2.75, 3.05) is 0 Å². The Bertz CT molecular complexity index is 784. The Morgan fingerprint density at radius 3 is 2.79 bits per heavy atom. The fraction of sp³-hybridized carbons (Fsp3) is 0.154. The fourth-order valence-electron chi connectivity index (χ4n) is 1.80. The van der Waals surface area contributed by atoms with Crippen LogP contribution in [0.3, 0.4) is 0 Å². The van der Waals surface area contributed by atoms with Crippen molar-refractivity contribution in [3.8, 4) is 11.8 Å². The van der Waals surface area contributed by atoms with Crippen LogP contribution in [0.25, 0.3) is 5.69 Å². The predicted molar refractivity (Wildman–Crippen MR) is 71.8 cm³/mol. The lowest BCUT2D eigenvalue weighted by atomic mass is 10.2. The van der Waals surface area contributed by atoms with Crippen LogP contribution < -0.4 is 11.2 Å². The summed E-state index contributed by atoms with van der Waals surface area (Å²) < 4.78 is 0.978. The third kappa shape index (κ3) is 2.30. The average molecular weight is 276 g/mol. The molecule has 0 bridgehead atoms. The summed E-state index contributed by atoms with van der Waals surface area (Å²) >= 11 is 5.83. The third-order valence-electron chi connectivity index (χ3n) is 2.73. The number of H-pyrrole nitrogens is 1. The van der Waals surface area contributed by atoms with Crippen LogP contribution in [-0.4, -0.2) is 9.55 Å². The molecule has 0 saturated heterocycles. The topological polar surface area (TPSA) is 78.7 Å². The highest BCUT2D eigenvalue weighted by Crippen LogP contribution is 2.10. The molecule has 0 spiro atoms. The standard InChI is InChI=1S/C13H10ClN3O2/c1-2-10-11(14)16-13(19)17(12(10)18)9-5-3-4-8(6-9)7-15/h3-6H,2H2,1H3,(H,16,19). The van der Waals surface area contributed by atoms with Gasteiger partial charge < -0.3 is 0 Å². The molecule has 5 nitrogen and oxygen atoms in total. The fourth-order valence-corrected chi connectivity index (χ4v) is 2.10. The van der Waals surface area contributed by atoms with E-state index in [4.69, 9.17) is 16.9 Å². The molecule has 0 atom stereocenters. The van der Waals surface area contributed by atoms with Crippen LogP contribution in [0.4, 0.5) is 0 Å². The molecule has 1 heterocycles. The molecule has 2 aromatic rings. The second kappa shape index (κ2) is 5.12. The molecule has 0 saturated carbocycles. The highest BCUT2D eigenvalue weighted by Gasteiger charge is 2.12. The SMILES string of the molecule is CCc1c(Cl)[nH]c(=O)n(-c2cccc(C#N)c2)c1=O. The van der Waals surface area contributed by atoms with Gasteiger partial charge in [0.25, 0.3) is 5.56 Å². The molecule has 96 valence electrons. The minimum absolute atomic E-state index is 0.0604. The Labute approximate surface area is 113 Å². The Morgan fingerprint density at radius 1 is 1.42 bits per heavy atom. The van der Waals surface area contributed by atoms with Crippen LogP contribution in [0.5, 0.6) is 0 Å². The van der Waals surface area contributed by atoms with Crippen LogP contribution in [0, 0.1) is 11.3 Å². The van der Waals surface area contributed by atoms with E-state index in [-0.39, 0.29) is 5.15 Å². The first-order valence-electron chi connectivity index (χ1n) is 5.62. The lowest BCUT2D eigenvalue weighted by molar-refractivity contribution is 0.842. The normalized spacial score (nSPS) is 10.2. The highest BCUT2D eigenvalue weighted by molar-refractivity contribution is 6.30. The molecule has 0 aliphatic carbocycles. The first kappa shape index (κ1) is 13.1. The van der Waals surface area contributed by atoms with E-state index in [0.29, 0.717) is 23.2 Å². The quantitative estimate of drug-likeness (QED) is 0.846. The Morgan fingerprint density at radius 2 is 2.16 bits per heavy atom. The summed E-state index contributed by atoms with van der Waals surface area (Å²) in [4.78, 5) is 26.5. The van der Waals surface area contributed by atoms with Crippen molar-refractivity contribution in [2.24, 2.45) is 0 Å². The summed E-state index contributed by atoms with van der Waals surface area (Å²) in [6, 6.07) is 8.23. The maximum atomic E-state index is 12.2. The smallest absolute Gasteiger partial charge is 0.297 e. The van der Waals surface area contributed by atoms with Gasteiger partial charge in [-0.1, -0.05) is 24.6 Å². The monoisotopic (exact) mass is 275 g/mol. The minimum Gasteiger partial charge on any atom is -0.297 e. The minimum atomic E-state index is -0.623. The number of nitriles is 1. The van der Waals surface area contributed by atoms with Gasteiger partial charge in [0.2, 0.25) is 0 Å². The number of hydrogen-bond acceptors (Lipinski definition) is 3. The van der Waals surface area contributed by atoms with Gasteiger partial charge in [-0.05, 0) is 24.6 Å². The number of rotatable bonds is 2. The van der Waals surface area contributed by atoms with Crippen molar-refractivity contribution >= 4 is 11.6 Å². The zero-order valence-corrected chi connectivity index (χ0v) is 10.9. The second-order valence-corrected chi connectivity index (χ2v) is 4.26. The summed E-state index contributed by atoms with van der Waals surface area (Å²) in [5.41, 5.74) is -0.0364. The van der Waals surface area contributed by atoms with Gasteiger partial charge in [0.15, 0.2) is 0 Å². The van der Waals surface area contributed by atoms with Crippen LogP contribution >= 0.6 is 11.6 Å². The molecule has 0 unspecified atom stereocenters. The Balaban J connectivity index is 2.80. The summed E-state index contributed by atoms with van der Waals surface area (Å²) in [5.74, 6) is 0. The van der Waals surface area contributed by atoms with Gasteiger partial charge in [-0.25, -0.2) is 9.36 Å². The van der Waals surface area contributed by atoms with Crippen molar-refractivity contribution in [2.45, 2.75) is 13.3 Å². The van der Waals surface area contributed by atoms with Crippen molar-refractivity contribution in [3.05, 3.63) is 61.4 Å². The molecule has 0 amide bonds. The van der Waals surface area contributed by atoms with E-state index in [9.17, 15) is 9.59 Å². The number of hydrogen-bond donors (Lipinski definition) is 1. The van der Waals surface area contributed by atoms with Crippen molar-refractivity contribution in [1.29, 1.82) is 5.26 Å². The number of nitrogens with zero attached hydrogens (tertiary/aromatic N) is 2. The van der Waals surface area contributed by atoms with Gasteiger partial charge in [0, 0.05) is 0 Å². The molecular formula is C13H10ClN3O2. The van der Waals surface area contributed by atoms with Crippen LogP contribution in [0.15, 0.2) is 33.9 Å². The molecule has 1 aromatic carbocycles. The lowest BCUT2D eigenvalue weighted by Gasteiger charge is -2.07. The molecule has 1 N–H and O–H groups in total. The van der Waals surface area contributed by atoms with Gasteiger partial charge in [-0.2, -0.15) is 5.26 Å². The van der Waals surface area contributed by atoms with Crippen LogP contribution in [0.2, 0.25) is 5.15 Å². The maximum absolute atomic E-state index is 12.2. The van der Waals surface area contributed by atoms with E-state index in [2.05, 4.69) is 4.98 Å². The molecule has 0 fully saturated rings. The van der Waals surface area contributed by atoms with Gasteiger partial charge in [0.05, 0.1) is 22.9 Å². The van der Waals surface area contributed by atoms with E-state index in [0.717, 1.165) is 4.57 Å². The van der Waals surface area contributed by atoms with Crippen LogP contribution in [0.1, 0.15) is 18.1 Å². The Hall–Kier alpha value is -2.32. The summed E-state index contributed by atoms with van der Waals surface area (Å²) in [6.45, 7) is 1.77. The van der Waals surface area contributed by atoms with Gasteiger partial charge in [-0.3, -0.25) is 9.78 Å². The first-order valence-corrected chi connectivity index (χ1v) is 6.00. The zero-order valence-electron chi connectivity index (χ0n) is 10.1. The first-order chi connectivity index (χ1) is 9.08. The number of aromatic amines is 1. The molecule has 19 heavy (non-hydrogen) atoms. The second-order valence-electron chi connectivity index (χ2n) is 3.88. The summed E-state index contributed by atoms with van der Waals surface area (Å²) in [7, 11) is 0. The maximum Gasteiger partial charge on any atom is 0.334 e. The van der Waals surface area contributed by atoms with Crippen molar-refractivity contribution < 1.29 is 0 Å². The molecular weight excluding hydrogens is 266 g/mol. The molecule has 2 rings (SSSR count). The molecule has 0 aliphatic heterocycles. The van der Waals surface area contributed by atoms with Crippen molar-refractivity contribution in [3.63, 3.8) is 0 Å². The van der Waals surface area contributed by atoms with E-state index in [1.807, 2.05) is 6.07 Å². The van der Waals surface area contributed by atoms with E-state index in [1.54, 1.807) is 25.1 Å². The summed E-state index contributed by atoms with van der Waals surface area (Å²) in [5, 5.41) is 8.91. The Kier molecular flexibility index (Phi) is 3.54. The van der Waals surface area contributed by atoms with Crippen molar-refractivity contribution in [1.82, 2.24) is 9.55 Å². The molecule has 0 aliphatic rings. The number of halogens is 1. The van der Waals surface area contributed by atoms with Gasteiger partial charge in [-0.15, -0.1) is 0 Å². The third-order valence-corrected chi connectivity index (χ3v) is 3.06. The molecule has 0 radical (unpaired) electrons. The molecule has 1 aromatic heterocycles. The zero-order chi connectivity index (χ0) is 14.0. The number of benzene rings is 1. The predicted octanol–water partition coefficient (Wildman–Crippen LogP) is 1.61. The summed E-state index contributed by atoms with van der Waals surface area (Å²) in [6.07, 6.45) is 0.409. The largest absolute Gasteiger partial charge is 0.334 e. The number of aromatic nitrogens is 2. The van der Waals surface area contributed by atoms with E-state index >= 15 is 0 Å². The van der Waals surface area contributed by atoms with Gasteiger partial charge in [0.1, 0.15) is 5.15 Å². The highest BCUT2D eigenvalue weighted by atomic mass is 35.5. The van der Waals surface area contributed by atoms with E-state index in [1.165, 1.54) is 6.07 Å². The number of nitrogens with one attached hydrogen (secondary N) is 1. The molecule has 6 heteroatoms. The van der Waals surface area contributed by atoms with Gasteiger partial charge >= 0.3 is 5.69 Å². The van der Waals surface area contributed by atoms with E-state index < -0.39 is 11.2 Å².